The van der Waals surface area contributed by atoms with Crippen LogP contribution in [-0.2, 0) is 4.79 Å². The lowest BCUT2D eigenvalue weighted by atomic mass is 10.1. The Balaban J connectivity index is 2.01. The van der Waals surface area contributed by atoms with Crippen LogP contribution >= 0.6 is 0 Å². The van der Waals surface area contributed by atoms with Gasteiger partial charge in [0.15, 0.2) is 0 Å². The molecule has 2 rings (SSSR count). The summed E-state index contributed by atoms with van der Waals surface area (Å²) in [4.78, 5) is 23.0. The molecule has 0 radical (unpaired) electrons. The van der Waals surface area contributed by atoms with Crippen molar-refractivity contribution < 1.29 is 14.7 Å². The minimum absolute atomic E-state index is 0.362. The monoisotopic (exact) mass is 258 g/mol. The summed E-state index contributed by atoms with van der Waals surface area (Å²) in [7, 11) is 0. The standard InChI is InChI=1S/C14H14N2O3/c15-8-10-3-5-11(6-4-10)13(17)16-12(14(18)19)7-9-1-2-9/h3-6,9,12H,1-2,7H2,(H,16,17)(H,18,19). The zero-order chi connectivity index (χ0) is 13.8. The molecule has 1 aliphatic carbocycles. The Morgan fingerprint density at radius 3 is 2.47 bits per heavy atom. The van der Waals surface area contributed by atoms with E-state index in [9.17, 15) is 9.59 Å². The first-order chi connectivity index (χ1) is 9.10. The average molecular weight is 258 g/mol. The molecule has 0 aliphatic heterocycles. The summed E-state index contributed by atoms with van der Waals surface area (Å²) in [6, 6.07) is 7.23. The van der Waals surface area contributed by atoms with Gasteiger partial charge in [-0.25, -0.2) is 4.79 Å². The minimum Gasteiger partial charge on any atom is -0.480 e. The van der Waals surface area contributed by atoms with Crippen molar-refractivity contribution in [2.75, 3.05) is 0 Å². The maximum absolute atomic E-state index is 11.9. The lowest BCUT2D eigenvalue weighted by Crippen LogP contribution is -2.41. The second kappa shape index (κ2) is 5.53. The Kier molecular flexibility index (Phi) is 3.81. The van der Waals surface area contributed by atoms with E-state index in [-0.39, 0.29) is 0 Å². The van der Waals surface area contributed by atoms with Crippen LogP contribution in [0.15, 0.2) is 24.3 Å². The van der Waals surface area contributed by atoms with Gasteiger partial charge in [0.05, 0.1) is 11.6 Å². The highest BCUT2D eigenvalue weighted by Crippen LogP contribution is 2.33. The molecule has 1 unspecified atom stereocenters. The Morgan fingerprint density at radius 1 is 1.37 bits per heavy atom. The lowest BCUT2D eigenvalue weighted by molar-refractivity contribution is -0.139. The topological polar surface area (TPSA) is 90.2 Å². The molecule has 1 saturated carbocycles. The molecule has 19 heavy (non-hydrogen) atoms. The molecule has 5 heteroatoms. The molecule has 2 N–H and O–H groups in total. The number of amides is 1. The summed E-state index contributed by atoms with van der Waals surface area (Å²) < 4.78 is 0. The molecular weight excluding hydrogens is 244 g/mol. The van der Waals surface area contributed by atoms with E-state index in [4.69, 9.17) is 10.4 Å². The number of carbonyl (C=O) groups is 2. The van der Waals surface area contributed by atoms with Gasteiger partial charge in [-0.2, -0.15) is 5.26 Å². The number of nitrogens with zero attached hydrogens (tertiary/aromatic N) is 1. The van der Waals surface area contributed by atoms with Gasteiger partial charge in [-0.15, -0.1) is 0 Å². The number of nitrogens with one attached hydrogen (secondary N) is 1. The van der Waals surface area contributed by atoms with E-state index in [1.807, 2.05) is 6.07 Å². The van der Waals surface area contributed by atoms with Gasteiger partial charge in [-0.3, -0.25) is 4.79 Å². The van der Waals surface area contributed by atoms with Crippen molar-refractivity contribution in [2.24, 2.45) is 5.92 Å². The normalized spacial score (nSPS) is 15.3. The summed E-state index contributed by atoms with van der Waals surface area (Å²) in [5.74, 6) is -1.01. The Hall–Kier alpha value is -2.35. The SMILES string of the molecule is N#Cc1ccc(C(=O)NC(CC2CC2)C(=O)O)cc1. The number of rotatable bonds is 5. The largest absolute Gasteiger partial charge is 0.480 e. The lowest BCUT2D eigenvalue weighted by Gasteiger charge is -2.14. The summed E-state index contributed by atoms with van der Waals surface area (Å²) >= 11 is 0. The molecule has 1 aromatic carbocycles. The maximum atomic E-state index is 11.9. The maximum Gasteiger partial charge on any atom is 0.326 e. The van der Waals surface area contributed by atoms with Gasteiger partial charge >= 0.3 is 5.97 Å². The minimum atomic E-state index is -1.01. The van der Waals surface area contributed by atoms with Crippen LogP contribution in [0.4, 0.5) is 0 Å². The number of carboxylic acid groups (broad SMARTS) is 1. The molecular formula is C14H14N2O3. The van der Waals surface area contributed by atoms with Gasteiger partial charge in [0, 0.05) is 5.56 Å². The zero-order valence-electron chi connectivity index (χ0n) is 10.3. The first-order valence-corrected chi connectivity index (χ1v) is 6.14. The number of hydrogen-bond acceptors (Lipinski definition) is 3. The smallest absolute Gasteiger partial charge is 0.326 e. The van der Waals surface area contributed by atoms with E-state index in [1.54, 1.807) is 0 Å². The Bertz CT molecular complexity index is 527. The average Bonchev–Trinajstić information content (AvgIpc) is 3.22. The third kappa shape index (κ3) is 3.55. The van der Waals surface area contributed by atoms with E-state index in [0.717, 1.165) is 12.8 Å². The fourth-order valence-electron chi connectivity index (χ4n) is 1.85. The van der Waals surface area contributed by atoms with Crippen LogP contribution in [0.3, 0.4) is 0 Å². The predicted molar refractivity (Wildman–Crippen MR) is 67.4 cm³/mol. The van der Waals surface area contributed by atoms with Crippen LogP contribution in [-0.4, -0.2) is 23.0 Å². The van der Waals surface area contributed by atoms with Gasteiger partial charge < -0.3 is 10.4 Å². The zero-order valence-corrected chi connectivity index (χ0v) is 10.3. The molecule has 0 bridgehead atoms. The molecule has 5 nitrogen and oxygen atoms in total. The summed E-state index contributed by atoms with van der Waals surface area (Å²) in [6.45, 7) is 0. The summed E-state index contributed by atoms with van der Waals surface area (Å²) in [5.41, 5.74) is 0.824. The van der Waals surface area contributed by atoms with Gasteiger partial charge in [0.2, 0.25) is 0 Å². The van der Waals surface area contributed by atoms with Crippen molar-refractivity contribution in [1.29, 1.82) is 5.26 Å². The van der Waals surface area contributed by atoms with Crippen molar-refractivity contribution in [3.8, 4) is 6.07 Å². The molecule has 0 heterocycles. The van der Waals surface area contributed by atoms with E-state index in [2.05, 4.69) is 5.32 Å². The van der Waals surface area contributed by atoms with E-state index >= 15 is 0 Å². The van der Waals surface area contributed by atoms with Crippen LogP contribution < -0.4 is 5.32 Å². The van der Waals surface area contributed by atoms with E-state index < -0.39 is 17.9 Å². The van der Waals surface area contributed by atoms with Gasteiger partial charge in [-0.1, -0.05) is 12.8 Å². The summed E-state index contributed by atoms with van der Waals surface area (Å²) in [6.07, 6.45) is 2.56. The quantitative estimate of drug-likeness (QED) is 0.838. The highest BCUT2D eigenvalue weighted by Gasteiger charge is 2.30. The van der Waals surface area contributed by atoms with Crippen molar-refractivity contribution in [2.45, 2.75) is 25.3 Å². The fraction of sp³-hybridized carbons (Fsp3) is 0.357. The number of benzene rings is 1. The number of aliphatic carboxylic acids is 1. The van der Waals surface area contributed by atoms with Crippen LogP contribution in [0, 0.1) is 17.2 Å². The van der Waals surface area contributed by atoms with Crippen molar-refractivity contribution >= 4 is 11.9 Å². The van der Waals surface area contributed by atoms with Crippen LogP contribution in [0.5, 0.6) is 0 Å². The van der Waals surface area contributed by atoms with E-state index in [0.29, 0.717) is 23.5 Å². The third-order valence-corrected chi connectivity index (χ3v) is 3.15. The molecule has 1 aromatic rings. The Labute approximate surface area is 110 Å². The Morgan fingerprint density at radius 2 is 2.00 bits per heavy atom. The molecule has 1 aliphatic rings. The first kappa shape index (κ1) is 13.1. The van der Waals surface area contributed by atoms with Gasteiger partial charge in [0.25, 0.3) is 5.91 Å². The molecule has 1 fully saturated rings. The van der Waals surface area contributed by atoms with Crippen molar-refractivity contribution in [3.05, 3.63) is 35.4 Å². The summed E-state index contributed by atoms with van der Waals surface area (Å²) in [5, 5.41) is 20.3. The van der Waals surface area contributed by atoms with E-state index in [1.165, 1.54) is 24.3 Å². The molecule has 1 atom stereocenters. The molecule has 1 amide bonds. The van der Waals surface area contributed by atoms with Crippen molar-refractivity contribution in [1.82, 2.24) is 5.32 Å². The van der Waals surface area contributed by atoms with Crippen LogP contribution in [0.25, 0.3) is 0 Å². The predicted octanol–water partition coefficient (Wildman–Crippen LogP) is 1.54. The molecule has 0 aromatic heterocycles. The van der Waals surface area contributed by atoms with Gasteiger partial charge in [0.1, 0.15) is 6.04 Å². The molecule has 98 valence electrons. The number of nitriles is 1. The third-order valence-electron chi connectivity index (χ3n) is 3.15. The molecule has 0 spiro atoms. The van der Waals surface area contributed by atoms with Gasteiger partial charge in [-0.05, 0) is 36.6 Å². The van der Waals surface area contributed by atoms with Crippen molar-refractivity contribution in [3.63, 3.8) is 0 Å². The highest BCUT2D eigenvalue weighted by molar-refractivity contribution is 5.96. The highest BCUT2D eigenvalue weighted by atomic mass is 16.4. The number of carbonyl (C=O) groups excluding carboxylic acids is 1. The van der Waals surface area contributed by atoms with Crippen LogP contribution in [0.1, 0.15) is 35.2 Å². The molecule has 0 saturated heterocycles. The second-order valence-corrected chi connectivity index (χ2v) is 4.73. The number of hydrogen-bond donors (Lipinski definition) is 2. The fourth-order valence-corrected chi connectivity index (χ4v) is 1.85. The number of carboxylic acids is 1. The van der Waals surface area contributed by atoms with Crippen LogP contribution in [0.2, 0.25) is 0 Å². The second-order valence-electron chi connectivity index (χ2n) is 4.73. The first-order valence-electron chi connectivity index (χ1n) is 6.14.